The first-order valence-electron chi connectivity index (χ1n) is 8.67. The van der Waals surface area contributed by atoms with Crippen LogP contribution < -0.4 is 4.74 Å². The Labute approximate surface area is 162 Å². The SMILES string of the molecule is Cc1cc(C(=O)COc2ccc(Br)cc2)c(C)n1CCc1ccccc1. The quantitative estimate of drug-likeness (QED) is 0.489. The van der Waals surface area contributed by atoms with Crippen LogP contribution in [0.4, 0.5) is 0 Å². The Morgan fingerprint density at radius 1 is 1.04 bits per heavy atom. The van der Waals surface area contributed by atoms with Gasteiger partial charge < -0.3 is 9.30 Å². The Morgan fingerprint density at radius 2 is 1.73 bits per heavy atom. The number of aromatic nitrogens is 1. The molecule has 0 fully saturated rings. The maximum Gasteiger partial charge on any atom is 0.202 e. The Bertz CT molecular complexity index is 883. The minimum absolute atomic E-state index is 0.00646. The first-order chi connectivity index (χ1) is 12.5. The summed E-state index contributed by atoms with van der Waals surface area (Å²) < 4.78 is 8.82. The number of carbonyl (C=O) groups is 1. The van der Waals surface area contributed by atoms with E-state index in [0.29, 0.717) is 5.75 Å². The van der Waals surface area contributed by atoms with Gasteiger partial charge in [-0.2, -0.15) is 0 Å². The molecule has 0 radical (unpaired) electrons. The maximum atomic E-state index is 12.6. The maximum absolute atomic E-state index is 12.6. The van der Waals surface area contributed by atoms with Gasteiger partial charge in [-0.1, -0.05) is 46.3 Å². The molecule has 0 aliphatic rings. The molecule has 1 aromatic heterocycles. The predicted molar refractivity (Wildman–Crippen MR) is 108 cm³/mol. The topological polar surface area (TPSA) is 31.2 Å². The number of hydrogen-bond donors (Lipinski definition) is 0. The number of rotatable bonds is 7. The molecule has 0 aliphatic heterocycles. The second-order valence-electron chi connectivity index (χ2n) is 6.34. The van der Waals surface area contributed by atoms with Gasteiger partial charge in [-0.15, -0.1) is 0 Å². The summed E-state index contributed by atoms with van der Waals surface area (Å²) in [7, 11) is 0. The fourth-order valence-corrected chi connectivity index (χ4v) is 3.33. The van der Waals surface area contributed by atoms with Crippen LogP contribution in [0.2, 0.25) is 0 Å². The minimum Gasteiger partial charge on any atom is -0.485 e. The van der Waals surface area contributed by atoms with Crippen molar-refractivity contribution in [2.45, 2.75) is 26.8 Å². The molecule has 4 heteroatoms. The largest absolute Gasteiger partial charge is 0.485 e. The van der Waals surface area contributed by atoms with Crippen LogP contribution in [0.5, 0.6) is 5.75 Å². The van der Waals surface area contributed by atoms with Crippen molar-refractivity contribution in [3.05, 3.63) is 87.7 Å². The van der Waals surface area contributed by atoms with E-state index >= 15 is 0 Å². The molecule has 0 bridgehead atoms. The number of Topliss-reactive ketones (excluding diaryl/α,β-unsaturated/α-hetero) is 1. The van der Waals surface area contributed by atoms with Crippen LogP contribution in [-0.4, -0.2) is 17.0 Å². The van der Waals surface area contributed by atoms with Gasteiger partial charge in [-0.25, -0.2) is 0 Å². The van der Waals surface area contributed by atoms with Crippen LogP contribution in [0.15, 0.2) is 65.1 Å². The third-order valence-electron chi connectivity index (χ3n) is 4.52. The van der Waals surface area contributed by atoms with Crippen LogP contribution in [0.3, 0.4) is 0 Å². The summed E-state index contributed by atoms with van der Waals surface area (Å²) in [6.45, 7) is 4.96. The third kappa shape index (κ3) is 4.44. The Balaban J connectivity index is 1.66. The fourth-order valence-electron chi connectivity index (χ4n) is 3.07. The number of aryl methyl sites for hydroxylation is 2. The van der Waals surface area contributed by atoms with Crippen molar-refractivity contribution in [3.63, 3.8) is 0 Å². The highest BCUT2D eigenvalue weighted by Gasteiger charge is 2.16. The van der Waals surface area contributed by atoms with Crippen molar-refractivity contribution in [2.75, 3.05) is 6.61 Å². The summed E-state index contributed by atoms with van der Waals surface area (Å²) in [6, 6.07) is 19.9. The van der Waals surface area contributed by atoms with Gasteiger partial charge in [-0.05, 0) is 56.2 Å². The van der Waals surface area contributed by atoms with Gasteiger partial charge >= 0.3 is 0 Å². The molecule has 0 amide bonds. The van der Waals surface area contributed by atoms with Crippen molar-refractivity contribution in [2.24, 2.45) is 0 Å². The lowest BCUT2D eigenvalue weighted by atomic mass is 10.1. The standard InChI is InChI=1S/C22H22BrNO2/c1-16-14-21(22(25)15-26-20-10-8-19(23)9-11-20)17(2)24(16)13-12-18-6-4-3-5-7-18/h3-11,14H,12-13,15H2,1-2H3. The Kier molecular flexibility index (Phi) is 5.94. The minimum atomic E-state index is 0.00646. The van der Waals surface area contributed by atoms with Crippen LogP contribution in [-0.2, 0) is 13.0 Å². The molecule has 0 atom stereocenters. The highest BCUT2D eigenvalue weighted by molar-refractivity contribution is 9.10. The number of ketones is 1. The fraction of sp³-hybridized carbons (Fsp3) is 0.227. The van der Waals surface area contributed by atoms with E-state index in [-0.39, 0.29) is 12.4 Å². The highest BCUT2D eigenvalue weighted by Crippen LogP contribution is 2.19. The van der Waals surface area contributed by atoms with Crippen LogP contribution in [0, 0.1) is 13.8 Å². The smallest absolute Gasteiger partial charge is 0.202 e. The summed E-state index contributed by atoms with van der Waals surface area (Å²) in [5, 5.41) is 0. The van der Waals surface area contributed by atoms with Gasteiger partial charge in [-0.3, -0.25) is 4.79 Å². The van der Waals surface area contributed by atoms with E-state index in [0.717, 1.165) is 34.4 Å². The van der Waals surface area contributed by atoms with Gasteiger partial charge in [0.25, 0.3) is 0 Å². The van der Waals surface area contributed by atoms with E-state index in [1.807, 2.05) is 50.2 Å². The van der Waals surface area contributed by atoms with E-state index in [4.69, 9.17) is 4.74 Å². The van der Waals surface area contributed by atoms with Crippen molar-refractivity contribution >= 4 is 21.7 Å². The number of benzene rings is 2. The van der Waals surface area contributed by atoms with Crippen molar-refractivity contribution in [1.29, 1.82) is 0 Å². The molecule has 3 nitrogen and oxygen atoms in total. The lowest BCUT2D eigenvalue weighted by Gasteiger charge is -2.10. The summed E-state index contributed by atoms with van der Waals surface area (Å²) >= 11 is 3.39. The van der Waals surface area contributed by atoms with Crippen LogP contribution in [0.1, 0.15) is 27.3 Å². The predicted octanol–water partition coefficient (Wildman–Crippen LogP) is 5.37. The summed E-state index contributed by atoms with van der Waals surface area (Å²) in [6.07, 6.45) is 0.945. The molecule has 0 spiro atoms. The van der Waals surface area contributed by atoms with E-state index in [1.54, 1.807) is 0 Å². The molecule has 2 aromatic carbocycles. The Morgan fingerprint density at radius 3 is 2.42 bits per heavy atom. The molecular formula is C22H22BrNO2. The molecule has 0 aliphatic carbocycles. The van der Waals surface area contributed by atoms with Gasteiger partial charge in [0.05, 0.1) is 0 Å². The van der Waals surface area contributed by atoms with E-state index in [2.05, 4.69) is 44.8 Å². The number of hydrogen-bond acceptors (Lipinski definition) is 2. The number of carbonyl (C=O) groups excluding carboxylic acids is 1. The Hall–Kier alpha value is -2.33. The molecule has 0 saturated carbocycles. The van der Waals surface area contributed by atoms with Gasteiger partial charge in [0.2, 0.25) is 5.78 Å². The molecule has 0 unspecified atom stereocenters. The molecule has 0 N–H and O–H groups in total. The van der Waals surface area contributed by atoms with Crippen molar-refractivity contribution in [3.8, 4) is 5.75 Å². The average Bonchev–Trinajstić information content (AvgIpc) is 2.94. The highest BCUT2D eigenvalue weighted by atomic mass is 79.9. The van der Waals surface area contributed by atoms with E-state index in [1.165, 1.54) is 5.56 Å². The van der Waals surface area contributed by atoms with Crippen molar-refractivity contribution < 1.29 is 9.53 Å². The number of nitrogens with zero attached hydrogens (tertiary/aromatic N) is 1. The first kappa shape index (κ1) is 18.5. The molecule has 3 aromatic rings. The molecule has 0 saturated heterocycles. The average molecular weight is 412 g/mol. The number of ether oxygens (including phenoxy) is 1. The molecular weight excluding hydrogens is 390 g/mol. The second-order valence-corrected chi connectivity index (χ2v) is 7.25. The zero-order valence-corrected chi connectivity index (χ0v) is 16.6. The lowest BCUT2D eigenvalue weighted by molar-refractivity contribution is 0.0921. The van der Waals surface area contributed by atoms with Gasteiger partial charge in [0, 0.05) is 28.0 Å². The normalized spacial score (nSPS) is 10.7. The molecule has 134 valence electrons. The van der Waals surface area contributed by atoms with Crippen LogP contribution in [0.25, 0.3) is 0 Å². The zero-order chi connectivity index (χ0) is 18.5. The molecule has 1 heterocycles. The van der Waals surface area contributed by atoms with Gasteiger partial charge in [0.1, 0.15) is 5.75 Å². The van der Waals surface area contributed by atoms with E-state index in [9.17, 15) is 4.79 Å². The third-order valence-corrected chi connectivity index (χ3v) is 5.05. The monoisotopic (exact) mass is 411 g/mol. The lowest BCUT2D eigenvalue weighted by Crippen LogP contribution is -2.13. The second kappa shape index (κ2) is 8.37. The van der Waals surface area contributed by atoms with E-state index < -0.39 is 0 Å². The molecule has 3 rings (SSSR count). The molecule has 26 heavy (non-hydrogen) atoms. The van der Waals surface area contributed by atoms with Crippen LogP contribution >= 0.6 is 15.9 Å². The van der Waals surface area contributed by atoms with Crippen molar-refractivity contribution in [1.82, 2.24) is 4.57 Å². The summed E-state index contributed by atoms with van der Waals surface area (Å²) in [4.78, 5) is 12.6. The summed E-state index contributed by atoms with van der Waals surface area (Å²) in [5.41, 5.74) is 4.15. The first-order valence-corrected chi connectivity index (χ1v) is 9.46. The number of halogens is 1. The summed E-state index contributed by atoms with van der Waals surface area (Å²) in [5.74, 6) is 0.700. The van der Waals surface area contributed by atoms with Gasteiger partial charge in [0.15, 0.2) is 6.61 Å². The zero-order valence-electron chi connectivity index (χ0n) is 15.0.